The molecule has 4 nitrogen and oxygen atoms in total. The lowest BCUT2D eigenvalue weighted by Gasteiger charge is -1.95. The molecule has 1 aromatic heterocycles. The van der Waals surface area contributed by atoms with Crippen molar-refractivity contribution < 1.29 is 4.79 Å². The molecule has 0 radical (unpaired) electrons. The van der Waals surface area contributed by atoms with E-state index in [1.54, 1.807) is 24.4 Å². The predicted octanol–water partition coefficient (Wildman–Crippen LogP) is 0.333. The Hall–Kier alpha value is -1.71. The summed E-state index contributed by atoms with van der Waals surface area (Å²) in [5, 5.41) is 0. The SMILES string of the molecule is CC(=O)N=C(N)c1ccccn1. The molecule has 0 saturated carbocycles. The standard InChI is InChI=1S/C8H9N3O/c1-6(12)11-8(9)7-4-2-3-5-10-7/h2-5H,1H3,(H2,9,11,12). The predicted molar refractivity (Wildman–Crippen MR) is 45.6 cm³/mol. The number of hydrogen-bond acceptors (Lipinski definition) is 2. The van der Waals surface area contributed by atoms with Crippen LogP contribution in [0, 0.1) is 0 Å². The van der Waals surface area contributed by atoms with Gasteiger partial charge in [-0.1, -0.05) is 6.07 Å². The van der Waals surface area contributed by atoms with Crippen LogP contribution in [0.2, 0.25) is 0 Å². The summed E-state index contributed by atoms with van der Waals surface area (Å²) in [6.45, 7) is 1.34. The van der Waals surface area contributed by atoms with Crippen LogP contribution in [0.1, 0.15) is 12.6 Å². The monoisotopic (exact) mass is 163 g/mol. The van der Waals surface area contributed by atoms with Crippen molar-refractivity contribution in [2.75, 3.05) is 0 Å². The van der Waals surface area contributed by atoms with E-state index in [1.807, 2.05) is 0 Å². The number of rotatable bonds is 1. The van der Waals surface area contributed by atoms with Crippen LogP contribution in [0.25, 0.3) is 0 Å². The Labute approximate surface area is 70.1 Å². The number of amidine groups is 1. The molecule has 1 amide bonds. The molecule has 4 heteroatoms. The molecule has 0 fully saturated rings. The Morgan fingerprint density at radius 2 is 2.33 bits per heavy atom. The molecule has 0 saturated heterocycles. The minimum atomic E-state index is -0.321. The summed E-state index contributed by atoms with van der Waals surface area (Å²) in [6, 6.07) is 5.25. The number of nitrogens with two attached hydrogens (primary N) is 1. The Bertz CT molecular complexity index is 305. The van der Waals surface area contributed by atoms with Gasteiger partial charge in [-0.05, 0) is 12.1 Å². The minimum absolute atomic E-state index is 0.156. The summed E-state index contributed by atoms with van der Waals surface area (Å²) in [4.78, 5) is 18.0. The lowest BCUT2D eigenvalue weighted by atomic mass is 10.3. The first-order valence-electron chi connectivity index (χ1n) is 3.46. The van der Waals surface area contributed by atoms with Crippen molar-refractivity contribution in [2.45, 2.75) is 6.92 Å². The first kappa shape index (κ1) is 8.39. The van der Waals surface area contributed by atoms with Crippen LogP contribution < -0.4 is 5.73 Å². The van der Waals surface area contributed by atoms with Gasteiger partial charge in [0.25, 0.3) is 0 Å². The van der Waals surface area contributed by atoms with E-state index in [0.29, 0.717) is 5.69 Å². The molecule has 0 unspecified atom stereocenters. The fourth-order valence-electron chi connectivity index (χ4n) is 0.741. The number of hydrogen-bond donors (Lipinski definition) is 1. The van der Waals surface area contributed by atoms with Gasteiger partial charge in [-0.2, -0.15) is 4.99 Å². The van der Waals surface area contributed by atoms with Crippen LogP contribution in [0.4, 0.5) is 0 Å². The van der Waals surface area contributed by atoms with Crippen LogP contribution >= 0.6 is 0 Å². The number of pyridine rings is 1. The fraction of sp³-hybridized carbons (Fsp3) is 0.125. The van der Waals surface area contributed by atoms with E-state index < -0.39 is 0 Å². The summed E-state index contributed by atoms with van der Waals surface area (Å²) < 4.78 is 0. The van der Waals surface area contributed by atoms with E-state index in [0.717, 1.165) is 0 Å². The fourth-order valence-corrected chi connectivity index (χ4v) is 0.741. The highest BCUT2D eigenvalue weighted by Crippen LogP contribution is 1.92. The van der Waals surface area contributed by atoms with E-state index >= 15 is 0 Å². The van der Waals surface area contributed by atoms with Gasteiger partial charge in [0.05, 0.1) is 0 Å². The van der Waals surface area contributed by atoms with Gasteiger partial charge in [0.1, 0.15) is 5.69 Å². The van der Waals surface area contributed by atoms with Gasteiger partial charge in [0.2, 0.25) is 5.91 Å². The van der Waals surface area contributed by atoms with Crippen LogP contribution in [0.15, 0.2) is 29.4 Å². The summed E-state index contributed by atoms with van der Waals surface area (Å²) in [5.74, 6) is -0.166. The van der Waals surface area contributed by atoms with E-state index in [4.69, 9.17) is 5.73 Å². The zero-order valence-electron chi connectivity index (χ0n) is 6.69. The van der Waals surface area contributed by atoms with E-state index in [2.05, 4.69) is 9.98 Å². The Balaban J connectivity index is 2.93. The highest BCUT2D eigenvalue weighted by Gasteiger charge is 1.98. The Kier molecular flexibility index (Phi) is 2.53. The zero-order chi connectivity index (χ0) is 8.97. The van der Waals surface area contributed by atoms with Gasteiger partial charge in [0, 0.05) is 13.1 Å². The topological polar surface area (TPSA) is 68.3 Å². The second-order valence-electron chi connectivity index (χ2n) is 2.23. The van der Waals surface area contributed by atoms with Gasteiger partial charge < -0.3 is 5.73 Å². The first-order chi connectivity index (χ1) is 5.70. The molecular formula is C8H9N3O. The molecule has 0 aliphatic carbocycles. The summed E-state index contributed by atoms with van der Waals surface area (Å²) in [5.41, 5.74) is 5.98. The second-order valence-corrected chi connectivity index (χ2v) is 2.23. The molecule has 0 bridgehead atoms. The second kappa shape index (κ2) is 3.61. The third kappa shape index (κ3) is 2.16. The highest BCUT2D eigenvalue weighted by atomic mass is 16.1. The zero-order valence-corrected chi connectivity index (χ0v) is 6.69. The van der Waals surface area contributed by atoms with Crippen molar-refractivity contribution >= 4 is 11.7 Å². The molecule has 0 aliphatic rings. The molecule has 62 valence electrons. The average molecular weight is 163 g/mol. The molecule has 2 N–H and O–H groups in total. The quantitative estimate of drug-likeness (QED) is 0.479. The largest absolute Gasteiger partial charge is 0.382 e. The molecule has 0 aliphatic heterocycles. The smallest absolute Gasteiger partial charge is 0.244 e. The van der Waals surface area contributed by atoms with Gasteiger partial charge in [-0.25, -0.2) is 0 Å². The molecule has 0 aromatic carbocycles. The summed E-state index contributed by atoms with van der Waals surface area (Å²) >= 11 is 0. The molecular weight excluding hydrogens is 154 g/mol. The molecule has 12 heavy (non-hydrogen) atoms. The molecule has 1 rings (SSSR count). The van der Waals surface area contributed by atoms with Gasteiger partial charge in [-0.3, -0.25) is 9.78 Å². The molecule has 1 heterocycles. The van der Waals surface area contributed by atoms with Crippen LogP contribution in [0.3, 0.4) is 0 Å². The number of aliphatic imine (C=N–C) groups is 1. The molecule has 1 aromatic rings. The maximum atomic E-state index is 10.5. The van der Waals surface area contributed by atoms with Gasteiger partial charge in [0.15, 0.2) is 5.84 Å². The third-order valence-corrected chi connectivity index (χ3v) is 1.21. The highest BCUT2D eigenvalue weighted by molar-refractivity contribution is 6.02. The number of carbonyl (C=O) groups is 1. The van der Waals surface area contributed by atoms with Crippen molar-refractivity contribution in [3.8, 4) is 0 Å². The van der Waals surface area contributed by atoms with Crippen molar-refractivity contribution in [1.29, 1.82) is 0 Å². The number of nitrogens with zero attached hydrogens (tertiary/aromatic N) is 2. The van der Waals surface area contributed by atoms with Crippen LogP contribution in [0.5, 0.6) is 0 Å². The summed E-state index contributed by atoms with van der Waals surface area (Å²) in [7, 11) is 0. The van der Waals surface area contributed by atoms with Crippen molar-refractivity contribution in [3.05, 3.63) is 30.1 Å². The number of amides is 1. The van der Waals surface area contributed by atoms with Crippen molar-refractivity contribution in [3.63, 3.8) is 0 Å². The van der Waals surface area contributed by atoms with E-state index in [1.165, 1.54) is 6.92 Å². The summed E-state index contributed by atoms with van der Waals surface area (Å²) in [6.07, 6.45) is 1.60. The van der Waals surface area contributed by atoms with E-state index in [9.17, 15) is 4.79 Å². The first-order valence-corrected chi connectivity index (χ1v) is 3.46. The molecule has 0 atom stereocenters. The number of carbonyl (C=O) groups excluding carboxylic acids is 1. The molecule has 0 spiro atoms. The maximum absolute atomic E-state index is 10.5. The lowest BCUT2D eigenvalue weighted by Crippen LogP contribution is -2.16. The maximum Gasteiger partial charge on any atom is 0.244 e. The number of aromatic nitrogens is 1. The van der Waals surface area contributed by atoms with Crippen LogP contribution in [-0.2, 0) is 4.79 Å². The average Bonchev–Trinajstić information content (AvgIpc) is 2.05. The van der Waals surface area contributed by atoms with Crippen molar-refractivity contribution in [2.24, 2.45) is 10.7 Å². The Morgan fingerprint density at radius 3 is 2.83 bits per heavy atom. The van der Waals surface area contributed by atoms with Crippen molar-refractivity contribution in [1.82, 2.24) is 4.98 Å². The lowest BCUT2D eigenvalue weighted by molar-refractivity contribution is -0.115. The van der Waals surface area contributed by atoms with Gasteiger partial charge in [-0.15, -0.1) is 0 Å². The van der Waals surface area contributed by atoms with Gasteiger partial charge >= 0.3 is 0 Å². The van der Waals surface area contributed by atoms with Crippen LogP contribution in [-0.4, -0.2) is 16.7 Å². The minimum Gasteiger partial charge on any atom is -0.382 e. The van der Waals surface area contributed by atoms with E-state index in [-0.39, 0.29) is 11.7 Å². The third-order valence-electron chi connectivity index (χ3n) is 1.21. The Morgan fingerprint density at radius 1 is 1.58 bits per heavy atom. The normalized spacial score (nSPS) is 11.2.